The maximum Gasteiger partial charge on any atom is 0.257 e. The number of carbonyl (C=O) groups is 1. The molecule has 140 valence electrons. The predicted molar refractivity (Wildman–Crippen MR) is 99.8 cm³/mol. The molecule has 9 heteroatoms. The maximum atomic E-state index is 12.6. The first-order valence-electron chi connectivity index (χ1n) is 7.46. The van der Waals surface area contributed by atoms with E-state index in [1.165, 1.54) is 46.5 Å². The monoisotopic (exact) mass is 398 g/mol. The fraction of sp³-hybridized carbons (Fsp3) is 0.235. The SMILES string of the molecule is COc1ccc(NC(=O)c2cc(S(=O)(=O)N(C)C)ccc2Cl)c(OC)c1. The third kappa shape index (κ3) is 4.09. The molecule has 0 atom stereocenters. The molecule has 0 fully saturated rings. The van der Waals surface area contributed by atoms with Crippen LogP contribution >= 0.6 is 11.6 Å². The highest BCUT2D eigenvalue weighted by Gasteiger charge is 2.21. The highest BCUT2D eigenvalue weighted by atomic mass is 35.5. The Labute approximate surface area is 157 Å². The van der Waals surface area contributed by atoms with Crippen LogP contribution in [0.15, 0.2) is 41.3 Å². The van der Waals surface area contributed by atoms with E-state index in [2.05, 4.69) is 5.32 Å². The van der Waals surface area contributed by atoms with Gasteiger partial charge in [0.2, 0.25) is 10.0 Å². The predicted octanol–water partition coefficient (Wildman–Crippen LogP) is 2.86. The lowest BCUT2D eigenvalue weighted by molar-refractivity contribution is 0.102. The Kier molecular flexibility index (Phi) is 6.12. The Balaban J connectivity index is 2.39. The van der Waals surface area contributed by atoms with Crippen LogP contribution in [0.3, 0.4) is 0 Å². The number of carbonyl (C=O) groups excluding carboxylic acids is 1. The van der Waals surface area contributed by atoms with E-state index in [1.54, 1.807) is 18.2 Å². The summed E-state index contributed by atoms with van der Waals surface area (Å²) in [5.41, 5.74) is 0.433. The van der Waals surface area contributed by atoms with Crippen LogP contribution in [0.4, 0.5) is 5.69 Å². The molecule has 26 heavy (non-hydrogen) atoms. The van der Waals surface area contributed by atoms with Gasteiger partial charge in [0.05, 0.1) is 35.4 Å². The molecule has 7 nitrogen and oxygen atoms in total. The van der Waals surface area contributed by atoms with E-state index in [-0.39, 0.29) is 15.5 Å². The highest BCUT2D eigenvalue weighted by Crippen LogP contribution is 2.30. The zero-order valence-corrected chi connectivity index (χ0v) is 16.3. The van der Waals surface area contributed by atoms with Crippen LogP contribution in [0.1, 0.15) is 10.4 Å². The summed E-state index contributed by atoms with van der Waals surface area (Å²) >= 11 is 6.09. The van der Waals surface area contributed by atoms with Gasteiger partial charge in [-0.15, -0.1) is 0 Å². The second-order valence-electron chi connectivity index (χ2n) is 5.45. The van der Waals surface area contributed by atoms with Crippen LogP contribution < -0.4 is 14.8 Å². The summed E-state index contributed by atoms with van der Waals surface area (Å²) in [6.07, 6.45) is 0. The third-order valence-corrected chi connectivity index (χ3v) is 5.76. The smallest absolute Gasteiger partial charge is 0.257 e. The number of sulfonamides is 1. The first kappa shape index (κ1) is 20.0. The Hall–Kier alpha value is -2.29. The molecule has 2 aromatic rings. The van der Waals surface area contributed by atoms with Crippen molar-refractivity contribution < 1.29 is 22.7 Å². The average Bonchev–Trinajstić information content (AvgIpc) is 2.61. The minimum Gasteiger partial charge on any atom is -0.497 e. The van der Waals surface area contributed by atoms with Gasteiger partial charge in [0.1, 0.15) is 11.5 Å². The molecule has 0 aromatic heterocycles. The van der Waals surface area contributed by atoms with Crippen molar-refractivity contribution >= 4 is 33.2 Å². The second-order valence-corrected chi connectivity index (χ2v) is 8.01. The molecule has 0 aliphatic heterocycles. The number of hydrogen-bond donors (Lipinski definition) is 1. The number of ether oxygens (including phenoxy) is 2. The van der Waals surface area contributed by atoms with Gasteiger partial charge in [0.15, 0.2) is 0 Å². The molecule has 2 aromatic carbocycles. The Morgan fingerprint density at radius 2 is 1.77 bits per heavy atom. The quantitative estimate of drug-likeness (QED) is 0.808. The van der Waals surface area contributed by atoms with Crippen molar-refractivity contribution in [3.63, 3.8) is 0 Å². The second kappa shape index (κ2) is 7.94. The van der Waals surface area contributed by atoms with Crippen molar-refractivity contribution in [2.75, 3.05) is 33.6 Å². The fourth-order valence-electron chi connectivity index (χ4n) is 2.14. The number of hydrogen-bond acceptors (Lipinski definition) is 5. The van der Waals surface area contributed by atoms with Crippen molar-refractivity contribution in [1.29, 1.82) is 0 Å². The van der Waals surface area contributed by atoms with E-state index >= 15 is 0 Å². The summed E-state index contributed by atoms with van der Waals surface area (Å²) in [7, 11) is 2.10. The Bertz CT molecular complexity index is 929. The molecule has 0 bridgehead atoms. The summed E-state index contributed by atoms with van der Waals surface area (Å²) in [5, 5.41) is 2.80. The average molecular weight is 399 g/mol. The fourth-order valence-corrected chi connectivity index (χ4v) is 3.27. The summed E-state index contributed by atoms with van der Waals surface area (Å²) in [4.78, 5) is 12.6. The van der Waals surface area contributed by atoms with Crippen molar-refractivity contribution in [3.8, 4) is 11.5 Å². The Morgan fingerprint density at radius 3 is 2.35 bits per heavy atom. The number of nitrogens with zero attached hydrogens (tertiary/aromatic N) is 1. The van der Waals surface area contributed by atoms with Gasteiger partial charge in [0.25, 0.3) is 5.91 Å². The molecule has 0 unspecified atom stereocenters. The van der Waals surface area contributed by atoms with Crippen LogP contribution in [0.2, 0.25) is 5.02 Å². The number of benzene rings is 2. The van der Waals surface area contributed by atoms with Gasteiger partial charge < -0.3 is 14.8 Å². The molecule has 0 aliphatic rings. The number of amides is 1. The highest BCUT2D eigenvalue weighted by molar-refractivity contribution is 7.89. The zero-order chi connectivity index (χ0) is 19.5. The van der Waals surface area contributed by atoms with Crippen LogP contribution in [-0.2, 0) is 10.0 Å². The van der Waals surface area contributed by atoms with Gasteiger partial charge in [-0.3, -0.25) is 4.79 Å². The van der Waals surface area contributed by atoms with Crippen molar-refractivity contribution in [3.05, 3.63) is 47.0 Å². The standard InChI is InChI=1S/C17H19ClN2O5S/c1-20(2)26(22,23)12-6-7-14(18)13(10-12)17(21)19-15-8-5-11(24-3)9-16(15)25-4/h5-10H,1-4H3,(H,19,21). The van der Waals surface area contributed by atoms with Crippen molar-refractivity contribution in [2.24, 2.45) is 0 Å². The molecule has 0 spiro atoms. The third-order valence-electron chi connectivity index (χ3n) is 3.62. The molecular formula is C17H19ClN2O5S. The number of methoxy groups -OCH3 is 2. The first-order chi connectivity index (χ1) is 12.2. The van der Waals surface area contributed by atoms with E-state index in [9.17, 15) is 13.2 Å². The lowest BCUT2D eigenvalue weighted by Gasteiger charge is -2.14. The number of halogens is 1. The lowest BCUT2D eigenvalue weighted by atomic mass is 10.2. The minimum atomic E-state index is -3.69. The van der Waals surface area contributed by atoms with Crippen LogP contribution in [0.5, 0.6) is 11.5 Å². The molecule has 0 heterocycles. The van der Waals surface area contributed by atoms with E-state index in [1.807, 2.05) is 0 Å². The van der Waals surface area contributed by atoms with E-state index < -0.39 is 15.9 Å². The molecule has 1 N–H and O–H groups in total. The van der Waals surface area contributed by atoms with Gasteiger partial charge in [-0.2, -0.15) is 0 Å². The van der Waals surface area contributed by atoms with Crippen LogP contribution in [0, 0.1) is 0 Å². The molecule has 0 saturated heterocycles. The summed E-state index contributed by atoms with van der Waals surface area (Å²) in [5.74, 6) is 0.400. The van der Waals surface area contributed by atoms with E-state index in [0.717, 1.165) is 4.31 Å². The van der Waals surface area contributed by atoms with E-state index in [0.29, 0.717) is 17.2 Å². The van der Waals surface area contributed by atoms with Gasteiger partial charge in [0, 0.05) is 20.2 Å². The van der Waals surface area contributed by atoms with Crippen molar-refractivity contribution in [1.82, 2.24) is 4.31 Å². The molecule has 0 saturated carbocycles. The molecule has 0 radical (unpaired) electrons. The Morgan fingerprint density at radius 1 is 1.08 bits per heavy atom. The molecule has 2 rings (SSSR count). The topological polar surface area (TPSA) is 84.9 Å². The normalized spacial score (nSPS) is 11.3. The van der Waals surface area contributed by atoms with Crippen LogP contribution in [-0.4, -0.2) is 46.9 Å². The maximum absolute atomic E-state index is 12.6. The largest absolute Gasteiger partial charge is 0.497 e. The number of anilines is 1. The summed E-state index contributed by atoms with van der Waals surface area (Å²) < 4.78 is 35.9. The minimum absolute atomic E-state index is 0.0289. The number of rotatable bonds is 6. The van der Waals surface area contributed by atoms with Gasteiger partial charge in [-0.25, -0.2) is 12.7 Å². The zero-order valence-electron chi connectivity index (χ0n) is 14.7. The molecule has 0 aliphatic carbocycles. The van der Waals surface area contributed by atoms with Gasteiger partial charge in [-0.05, 0) is 30.3 Å². The summed E-state index contributed by atoms with van der Waals surface area (Å²) in [6.45, 7) is 0. The molecular weight excluding hydrogens is 380 g/mol. The van der Waals surface area contributed by atoms with Gasteiger partial charge >= 0.3 is 0 Å². The van der Waals surface area contributed by atoms with E-state index in [4.69, 9.17) is 21.1 Å². The summed E-state index contributed by atoms with van der Waals surface area (Å²) in [6, 6.07) is 8.85. The van der Waals surface area contributed by atoms with Gasteiger partial charge in [-0.1, -0.05) is 11.6 Å². The molecule has 1 amide bonds. The number of nitrogens with one attached hydrogen (secondary N) is 1. The first-order valence-corrected chi connectivity index (χ1v) is 9.28. The van der Waals surface area contributed by atoms with Crippen LogP contribution in [0.25, 0.3) is 0 Å². The van der Waals surface area contributed by atoms with Crippen molar-refractivity contribution in [2.45, 2.75) is 4.90 Å². The lowest BCUT2D eigenvalue weighted by Crippen LogP contribution is -2.23.